The van der Waals surface area contributed by atoms with Crippen molar-refractivity contribution in [3.05, 3.63) is 65.7 Å². The molecule has 1 amide bonds. The highest BCUT2D eigenvalue weighted by molar-refractivity contribution is 7.89. The maximum Gasteiger partial charge on any atom is 0.253 e. The number of nitrogens with zero attached hydrogens (tertiary/aromatic N) is 2. The predicted molar refractivity (Wildman–Crippen MR) is 123 cm³/mol. The number of ketones is 1. The van der Waals surface area contributed by atoms with Crippen molar-refractivity contribution in [3.8, 4) is 0 Å². The van der Waals surface area contributed by atoms with E-state index in [1.54, 1.807) is 21.3 Å². The van der Waals surface area contributed by atoms with Gasteiger partial charge in [0.25, 0.3) is 5.91 Å². The molecule has 2 heterocycles. The Hall–Kier alpha value is -2.51. The van der Waals surface area contributed by atoms with Crippen LogP contribution in [0.25, 0.3) is 0 Å². The van der Waals surface area contributed by atoms with Crippen LogP contribution in [0.15, 0.2) is 59.5 Å². The summed E-state index contributed by atoms with van der Waals surface area (Å²) in [5, 5.41) is 0. The standard InChI is InChI=1S/C25H30N2O4S/c1-19-11-17-27(18-12-19)32(30,31)23-9-7-22(8-10-23)25(29)26-15-13-21(14-16-26)24(28)20-5-3-2-4-6-20/h2-10,19,21H,11-18H2,1H3. The maximum absolute atomic E-state index is 12.9. The number of piperidine rings is 2. The minimum absolute atomic E-state index is 0.0683. The first-order valence-electron chi connectivity index (χ1n) is 11.3. The predicted octanol–water partition coefficient (Wildman–Crippen LogP) is 3.84. The van der Waals surface area contributed by atoms with Crippen molar-refractivity contribution < 1.29 is 18.0 Å². The van der Waals surface area contributed by atoms with Crippen molar-refractivity contribution in [1.82, 2.24) is 9.21 Å². The quantitative estimate of drug-likeness (QED) is 0.644. The van der Waals surface area contributed by atoms with Crippen LogP contribution in [0, 0.1) is 11.8 Å². The first-order valence-corrected chi connectivity index (χ1v) is 12.8. The molecule has 0 spiro atoms. The number of hydrogen-bond acceptors (Lipinski definition) is 4. The number of rotatable bonds is 5. The second kappa shape index (κ2) is 9.55. The third-order valence-electron chi connectivity index (χ3n) is 6.69. The van der Waals surface area contributed by atoms with Crippen molar-refractivity contribution >= 4 is 21.7 Å². The number of carbonyl (C=O) groups excluding carboxylic acids is 2. The number of carbonyl (C=O) groups is 2. The Morgan fingerprint density at radius 3 is 1.97 bits per heavy atom. The summed E-state index contributed by atoms with van der Waals surface area (Å²) in [6, 6.07) is 15.6. The molecule has 32 heavy (non-hydrogen) atoms. The van der Waals surface area contributed by atoms with Crippen LogP contribution < -0.4 is 0 Å². The van der Waals surface area contributed by atoms with Crippen molar-refractivity contribution in [1.29, 1.82) is 0 Å². The van der Waals surface area contributed by atoms with E-state index in [0.29, 0.717) is 50.5 Å². The highest BCUT2D eigenvalue weighted by atomic mass is 32.2. The van der Waals surface area contributed by atoms with Crippen LogP contribution >= 0.6 is 0 Å². The number of benzene rings is 2. The van der Waals surface area contributed by atoms with Gasteiger partial charge in [0.15, 0.2) is 5.78 Å². The van der Waals surface area contributed by atoms with E-state index in [-0.39, 0.29) is 22.5 Å². The first kappa shape index (κ1) is 22.7. The molecule has 170 valence electrons. The Bertz CT molecular complexity index is 1050. The molecule has 0 N–H and O–H groups in total. The van der Waals surface area contributed by atoms with Crippen LogP contribution in [0.1, 0.15) is 53.3 Å². The maximum atomic E-state index is 12.9. The number of likely N-dealkylation sites (tertiary alicyclic amines) is 1. The van der Waals surface area contributed by atoms with Gasteiger partial charge in [-0.2, -0.15) is 4.31 Å². The molecule has 2 aliphatic rings. The molecule has 2 aromatic carbocycles. The van der Waals surface area contributed by atoms with Gasteiger partial charge in [0.1, 0.15) is 0 Å². The fourth-order valence-corrected chi connectivity index (χ4v) is 5.98. The normalized spacial score (nSPS) is 19.1. The summed E-state index contributed by atoms with van der Waals surface area (Å²) in [6.45, 7) is 4.27. The minimum atomic E-state index is -3.53. The molecule has 0 bridgehead atoms. The van der Waals surface area contributed by atoms with Crippen molar-refractivity contribution in [3.63, 3.8) is 0 Å². The van der Waals surface area contributed by atoms with Crippen LogP contribution in [0.3, 0.4) is 0 Å². The second-order valence-corrected chi connectivity index (χ2v) is 10.8. The summed E-state index contributed by atoms with van der Waals surface area (Å²) in [6.07, 6.45) is 3.02. The number of sulfonamides is 1. The molecular formula is C25H30N2O4S. The Labute approximate surface area is 190 Å². The SMILES string of the molecule is CC1CCN(S(=O)(=O)c2ccc(C(=O)N3CCC(C(=O)c4ccccc4)CC3)cc2)CC1. The van der Waals surface area contributed by atoms with Gasteiger partial charge in [0, 0.05) is 43.2 Å². The van der Waals surface area contributed by atoms with Gasteiger partial charge < -0.3 is 4.90 Å². The van der Waals surface area contributed by atoms with E-state index in [9.17, 15) is 18.0 Å². The molecule has 0 aliphatic carbocycles. The summed E-state index contributed by atoms with van der Waals surface area (Å²) in [7, 11) is -3.53. The van der Waals surface area contributed by atoms with Gasteiger partial charge in [-0.05, 0) is 55.9 Å². The Balaban J connectivity index is 1.37. The average molecular weight is 455 g/mol. The molecule has 2 fully saturated rings. The van der Waals surface area contributed by atoms with Gasteiger partial charge in [0.05, 0.1) is 4.90 Å². The summed E-state index contributed by atoms with van der Waals surface area (Å²) < 4.78 is 27.3. The lowest BCUT2D eigenvalue weighted by atomic mass is 9.88. The smallest absolute Gasteiger partial charge is 0.253 e. The van der Waals surface area contributed by atoms with Gasteiger partial charge in [-0.15, -0.1) is 0 Å². The number of hydrogen-bond donors (Lipinski definition) is 0. The molecule has 0 atom stereocenters. The highest BCUT2D eigenvalue weighted by Gasteiger charge is 2.30. The van der Waals surface area contributed by atoms with E-state index < -0.39 is 10.0 Å². The zero-order valence-corrected chi connectivity index (χ0v) is 19.3. The zero-order chi connectivity index (χ0) is 22.7. The second-order valence-electron chi connectivity index (χ2n) is 8.91. The minimum Gasteiger partial charge on any atom is -0.339 e. The Morgan fingerprint density at radius 2 is 1.38 bits per heavy atom. The summed E-state index contributed by atoms with van der Waals surface area (Å²) in [5.41, 5.74) is 1.20. The Kier molecular flexibility index (Phi) is 6.76. The van der Waals surface area contributed by atoms with Gasteiger partial charge in [-0.3, -0.25) is 9.59 Å². The lowest BCUT2D eigenvalue weighted by Gasteiger charge is -2.31. The van der Waals surface area contributed by atoms with Crippen molar-refractivity contribution in [2.45, 2.75) is 37.5 Å². The summed E-state index contributed by atoms with van der Waals surface area (Å²) in [4.78, 5) is 27.6. The van der Waals surface area contributed by atoms with E-state index in [4.69, 9.17) is 0 Å². The lowest BCUT2D eigenvalue weighted by molar-refractivity contribution is 0.0650. The largest absolute Gasteiger partial charge is 0.339 e. The van der Waals surface area contributed by atoms with Gasteiger partial charge in [-0.1, -0.05) is 37.3 Å². The molecule has 4 rings (SSSR count). The van der Waals surface area contributed by atoms with Crippen LogP contribution in [0.4, 0.5) is 0 Å². The third kappa shape index (κ3) is 4.79. The van der Waals surface area contributed by atoms with E-state index in [2.05, 4.69) is 6.92 Å². The molecule has 0 saturated carbocycles. The van der Waals surface area contributed by atoms with Gasteiger partial charge in [0.2, 0.25) is 10.0 Å². The van der Waals surface area contributed by atoms with Crippen LogP contribution in [0.5, 0.6) is 0 Å². The molecule has 0 unspecified atom stereocenters. The Morgan fingerprint density at radius 1 is 0.781 bits per heavy atom. The lowest BCUT2D eigenvalue weighted by Crippen LogP contribution is -2.40. The fraction of sp³-hybridized carbons (Fsp3) is 0.440. The molecule has 0 aromatic heterocycles. The van der Waals surface area contributed by atoms with E-state index in [1.165, 1.54) is 12.1 Å². The van der Waals surface area contributed by atoms with Crippen molar-refractivity contribution in [2.75, 3.05) is 26.2 Å². The van der Waals surface area contributed by atoms with Crippen LogP contribution in [0.2, 0.25) is 0 Å². The first-order chi connectivity index (χ1) is 15.4. The van der Waals surface area contributed by atoms with E-state index >= 15 is 0 Å². The molecule has 7 heteroatoms. The molecule has 0 radical (unpaired) electrons. The summed E-state index contributed by atoms with van der Waals surface area (Å²) in [5.74, 6) is 0.500. The third-order valence-corrected chi connectivity index (χ3v) is 8.61. The van der Waals surface area contributed by atoms with Crippen molar-refractivity contribution in [2.24, 2.45) is 11.8 Å². The van der Waals surface area contributed by atoms with Gasteiger partial charge >= 0.3 is 0 Å². The monoisotopic (exact) mass is 454 g/mol. The zero-order valence-electron chi connectivity index (χ0n) is 18.4. The summed E-state index contributed by atoms with van der Waals surface area (Å²) >= 11 is 0. The topological polar surface area (TPSA) is 74.8 Å². The van der Waals surface area contributed by atoms with Crippen LogP contribution in [-0.4, -0.2) is 55.5 Å². The molecule has 2 aromatic rings. The van der Waals surface area contributed by atoms with Gasteiger partial charge in [-0.25, -0.2) is 8.42 Å². The molecule has 2 aliphatic heterocycles. The van der Waals surface area contributed by atoms with E-state index in [0.717, 1.165) is 18.4 Å². The molecule has 2 saturated heterocycles. The fourth-order valence-electron chi connectivity index (χ4n) is 4.51. The average Bonchev–Trinajstić information content (AvgIpc) is 2.84. The van der Waals surface area contributed by atoms with Crippen LogP contribution in [-0.2, 0) is 10.0 Å². The number of Topliss-reactive ketones (excluding diaryl/α,β-unsaturated/α-hetero) is 1. The molecule has 6 nitrogen and oxygen atoms in total. The highest BCUT2D eigenvalue weighted by Crippen LogP contribution is 2.25. The molecular weight excluding hydrogens is 424 g/mol. The van der Waals surface area contributed by atoms with E-state index in [1.807, 2.05) is 30.3 Å². The number of amides is 1.